The van der Waals surface area contributed by atoms with Gasteiger partial charge in [-0.05, 0) is 24.3 Å². The zero-order chi connectivity index (χ0) is 14.3. The van der Waals surface area contributed by atoms with E-state index in [4.69, 9.17) is 11.6 Å². The molecule has 0 saturated heterocycles. The van der Waals surface area contributed by atoms with E-state index in [1.165, 1.54) is 28.8 Å². The lowest BCUT2D eigenvalue weighted by molar-refractivity contribution is 0.504. The molecule has 0 aliphatic rings. The summed E-state index contributed by atoms with van der Waals surface area (Å²) in [7, 11) is 0. The molecule has 0 radical (unpaired) electrons. The number of rotatable bonds is 2. The molecule has 0 aliphatic heterocycles. The second-order valence-corrected chi connectivity index (χ2v) is 4.44. The maximum Gasteiger partial charge on any atom is 0.182 e. The van der Waals surface area contributed by atoms with Gasteiger partial charge in [0, 0.05) is 0 Å². The standard InChI is InChI=1S/C14H8ClF3N2/c15-7-12-19-14-9(17)4-2-6-11(14)20(12)10-5-1-3-8(16)13(10)18/h1-6H,7H2. The zero-order valence-electron chi connectivity index (χ0n) is 10.1. The Hall–Kier alpha value is -2.01. The summed E-state index contributed by atoms with van der Waals surface area (Å²) in [6.07, 6.45) is 0. The fourth-order valence-corrected chi connectivity index (χ4v) is 2.32. The van der Waals surface area contributed by atoms with Crippen molar-refractivity contribution in [1.29, 1.82) is 0 Å². The molecule has 0 amide bonds. The van der Waals surface area contributed by atoms with Gasteiger partial charge in [0.1, 0.15) is 11.3 Å². The van der Waals surface area contributed by atoms with E-state index in [0.29, 0.717) is 5.52 Å². The van der Waals surface area contributed by atoms with E-state index in [-0.39, 0.29) is 22.9 Å². The molecule has 0 fully saturated rings. The van der Waals surface area contributed by atoms with E-state index in [0.717, 1.165) is 6.07 Å². The van der Waals surface area contributed by atoms with Crippen LogP contribution in [0.1, 0.15) is 5.82 Å². The van der Waals surface area contributed by atoms with Gasteiger partial charge in [-0.25, -0.2) is 18.2 Å². The van der Waals surface area contributed by atoms with Crippen molar-refractivity contribution >= 4 is 22.6 Å². The largest absolute Gasteiger partial charge is 0.292 e. The molecule has 0 spiro atoms. The minimum Gasteiger partial charge on any atom is -0.292 e. The molecule has 0 N–H and O–H groups in total. The van der Waals surface area contributed by atoms with E-state index in [2.05, 4.69) is 4.98 Å². The van der Waals surface area contributed by atoms with Gasteiger partial charge in [-0.2, -0.15) is 0 Å². The quantitative estimate of drug-likeness (QED) is 0.649. The van der Waals surface area contributed by atoms with E-state index < -0.39 is 17.5 Å². The molecular formula is C14H8ClF3N2. The smallest absolute Gasteiger partial charge is 0.182 e. The van der Waals surface area contributed by atoms with Gasteiger partial charge in [0.15, 0.2) is 17.5 Å². The molecule has 0 saturated carbocycles. The topological polar surface area (TPSA) is 17.8 Å². The van der Waals surface area contributed by atoms with Crippen LogP contribution in [0.15, 0.2) is 36.4 Å². The van der Waals surface area contributed by atoms with Crippen molar-refractivity contribution < 1.29 is 13.2 Å². The van der Waals surface area contributed by atoms with Crippen molar-refractivity contribution in [3.63, 3.8) is 0 Å². The molecule has 0 bridgehead atoms. The number of imidazole rings is 1. The summed E-state index contributed by atoms with van der Waals surface area (Å²) >= 11 is 5.78. The van der Waals surface area contributed by atoms with Gasteiger partial charge in [-0.15, -0.1) is 11.6 Å². The predicted octanol–water partition coefficient (Wildman–Crippen LogP) is 4.18. The summed E-state index contributed by atoms with van der Waals surface area (Å²) in [4.78, 5) is 4.04. The van der Waals surface area contributed by atoms with E-state index in [9.17, 15) is 13.2 Å². The summed E-state index contributed by atoms with van der Waals surface area (Å²) in [6, 6.07) is 8.08. The molecular weight excluding hydrogens is 289 g/mol. The van der Waals surface area contributed by atoms with Crippen molar-refractivity contribution in [1.82, 2.24) is 9.55 Å². The number of hydrogen-bond acceptors (Lipinski definition) is 1. The monoisotopic (exact) mass is 296 g/mol. The SMILES string of the molecule is Fc1cccc(-n2c(CCl)nc3c(F)cccc32)c1F. The molecule has 0 aliphatic carbocycles. The summed E-state index contributed by atoms with van der Waals surface area (Å²) in [5.74, 6) is -2.35. The van der Waals surface area contributed by atoms with Crippen LogP contribution in [0.2, 0.25) is 0 Å². The van der Waals surface area contributed by atoms with Crippen molar-refractivity contribution in [3.05, 3.63) is 59.7 Å². The maximum atomic E-state index is 13.9. The minimum absolute atomic E-state index is 0.0475. The van der Waals surface area contributed by atoms with Gasteiger partial charge in [-0.1, -0.05) is 12.1 Å². The lowest BCUT2D eigenvalue weighted by atomic mass is 10.2. The Morgan fingerprint density at radius 3 is 2.45 bits per heavy atom. The first-order valence-electron chi connectivity index (χ1n) is 5.79. The molecule has 3 rings (SSSR count). The normalized spacial score (nSPS) is 11.2. The van der Waals surface area contributed by atoms with Crippen LogP contribution in [0.5, 0.6) is 0 Å². The molecule has 3 aromatic rings. The first-order valence-corrected chi connectivity index (χ1v) is 6.33. The van der Waals surface area contributed by atoms with Crippen LogP contribution >= 0.6 is 11.6 Å². The van der Waals surface area contributed by atoms with Gasteiger partial charge in [0.25, 0.3) is 0 Å². The highest BCUT2D eigenvalue weighted by Crippen LogP contribution is 2.26. The van der Waals surface area contributed by atoms with Crippen molar-refractivity contribution in [2.24, 2.45) is 0 Å². The Morgan fingerprint density at radius 2 is 1.70 bits per heavy atom. The van der Waals surface area contributed by atoms with Gasteiger partial charge < -0.3 is 0 Å². The van der Waals surface area contributed by atoms with E-state index >= 15 is 0 Å². The third-order valence-corrected chi connectivity index (χ3v) is 3.24. The van der Waals surface area contributed by atoms with Crippen LogP contribution in [0.3, 0.4) is 0 Å². The number of aromatic nitrogens is 2. The van der Waals surface area contributed by atoms with Gasteiger partial charge in [-0.3, -0.25) is 4.57 Å². The number of nitrogens with zero attached hydrogens (tertiary/aromatic N) is 2. The molecule has 2 nitrogen and oxygen atoms in total. The zero-order valence-corrected chi connectivity index (χ0v) is 10.8. The Kier molecular flexibility index (Phi) is 3.14. The molecule has 20 heavy (non-hydrogen) atoms. The van der Waals surface area contributed by atoms with E-state index in [1.54, 1.807) is 6.07 Å². The van der Waals surface area contributed by atoms with Gasteiger partial charge in [0.2, 0.25) is 0 Å². The fraction of sp³-hybridized carbons (Fsp3) is 0.0714. The molecule has 6 heteroatoms. The molecule has 1 heterocycles. The lowest BCUT2D eigenvalue weighted by Crippen LogP contribution is -2.03. The number of para-hydroxylation sites is 1. The summed E-state index contributed by atoms with van der Waals surface area (Å²) < 4.78 is 42.4. The predicted molar refractivity (Wildman–Crippen MR) is 70.5 cm³/mol. The Labute approximate surface area is 117 Å². The first-order chi connectivity index (χ1) is 9.63. The van der Waals surface area contributed by atoms with Crippen LogP contribution in [0.25, 0.3) is 16.7 Å². The molecule has 0 unspecified atom stereocenters. The highest BCUT2D eigenvalue weighted by atomic mass is 35.5. The number of benzene rings is 2. The van der Waals surface area contributed by atoms with Crippen LogP contribution in [-0.2, 0) is 5.88 Å². The van der Waals surface area contributed by atoms with Gasteiger partial charge >= 0.3 is 0 Å². The fourth-order valence-electron chi connectivity index (χ4n) is 2.14. The number of hydrogen-bond donors (Lipinski definition) is 0. The Morgan fingerprint density at radius 1 is 1.00 bits per heavy atom. The lowest BCUT2D eigenvalue weighted by Gasteiger charge is -2.09. The Balaban J connectivity index is 2.41. The van der Waals surface area contributed by atoms with Gasteiger partial charge in [0.05, 0.1) is 17.1 Å². The van der Waals surface area contributed by atoms with E-state index in [1.807, 2.05) is 0 Å². The molecule has 102 valence electrons. The molecule has 0 atom stereocenters. The average molecular weight is 297 g/mol. The first kappa shape index (κ1) is 13.0. The van der Waals surface area contributed by atoms with Crippen LogP contribution in [-0.4, -0.2) is 9.55 Å². The Bertz CT molecular complexity index is 798. The molecule has 2 aromatic carbocycles. The summed E-state index contributed by atoms with van der Waals surface area (Å²) in [5, 5.41) is 0. The number of alkyl halides is 1. The van der Waals surface area contributed by atoms with Crippen molar-refractivity contribution in [2.75, 3.05) is 0 Å². The van der Waals surface area contributed by atoms with Crippen molar-refractivity contribution in [2.45, 2.75) is 5.88 Å². The third-order valence-electron chi connectivity index (χ3n) is 3.00. The molecule has 1 aromatic heterocycles. The van der Waals surface area contributed by atoms with Crippen LogP contribution in [0, 0.1) is 17.5 Å². The highest BCUT2D eigenvalue weighted by Gasteiger charge is 2.18. The average Bonchev–Trinajstić information content (AvgIpc) is 2.82. The van der Waals surface area contributed by atoms with Crippen LogP contribution < -0.4 is 0 Å². The van der Waals surface area contributed by atoms with Crippen molar-refractivity contribution in [3.8, 4) is 5.69 Å². The summed E-state index contributed by atoms with van der Waals surface area (Å²) in [6.45, 7) is 0. The number of fused-ring (bicyclic) bond motifs is 1. The second-order valence-electron chi connectivity index (χ2n) is 4.18. The maximum absolute atomic E-state index is 13.9. The second kappa shape index (κ2) is 4.83. The third kappa shape index (κ3) is 1.86. The summed E-state index contributed by atoms with van der Waals surface area (Å²) in [5.41, 5.74) is 0.366. The minimum atomic E-state index is -1.03. The number of halogens is 4. The highest BCUT2D eigenvalue weighted by molar-refractivity contribution is 6.17. The van der Waals surface area contributed by atoms with Crippen LogP contribution in [0.4, 0.5) is 13.2 Å².